The highest BCUT2D eigenvalue weighted by Crippen LogP contribution is 2.24. The van der Waals surface area contributed by atoms with Gasteiger partial charge in [0, 0.05) is 17.8 Å². The Morgan fingerprint density at radius 2 is 1.90 bits per heavy atom. The fourth-order valence-electron chi connectivity index (χ4n) is 2.15. The van der Waals surface area contributed by atoms with Crippen LogP contribution in [-0.4, -0.2) is 19.7 Å². The lowest BCUT2D eigenvalue weighted by molar-refractivity contribution is 0.354. The van der Waals surface area contributed by atoms with Crippen LogP contribution in [0.2, 0.25) is 5.15 Å². The van der Waals surface area contributed by atoms with Crippen molar-refractivity contribution in [1.29, 1.82) is 0 Å². The van der Waals surface area contributed by atoms with Crippen molar-refractivity contribution < 1.29 is 0 Å². The number of halogens is 1. The summed E-state index contributed by atoms with van der Waals surface area (Å²) in [5.74, 6) is 1.38. The van der Waals surface area contributed by atoms with E-state index in [9.17, 15) is 0 Å². The van der Waals surface area contributed by atoms with Crippen molar-refractivity contribution in [2.24, 2.45) is 0 Å². The van der Waals surface area contributed by atoms with Gasteiger partial charge in [-0.05, 0) is 41.5 Å². The van der Waals surface area contributed by atoms with Gasteiger partial charge in [-0.3, -0.25) is 4.68 Å². The number of aryl methyl sites for hydroxylation is 2. The van der Waals surface area contributed by atoms with Crippen LogP contribution in [0.25, 0.3) is 0 Å². The maximum Gasteiger partial charge on any atom is 0.134 e. The Balaban J connectivity index is 2.24. The molecule has 2 heterocycles. The summed E-state index contributed by atoms with van der Waals surface area (Å²) < 4.78 is 1.99. The van der Waals surface area contributed by atoms with Crippen LogP contribution < -0.4 is 5.32 Å². The van der Waals surface area contributed by atoms with Crippen LogP contribution in [0.3, 0.4) is 0 Å². The largest absolute Gasteiger partial charge is 0.363 e. The zero-order valence-corrected chi connectivity index (χ0v) is 14.2. The molecule has 0 aliphatic rings. The maximum atomic E-state index is 5.97. The first-order valence-electron chi connectivity index (χ1n) is 7.01. The number of rotatable bonds is 3. The van der Waals surface area contributed by atoms with Gasteiger partial charge in [0.25, 0.3) is 0 Å². The summed E-state index contributed by atoms with van der Waals surface area (Å²) in [6.07, 6.45) is 2.09. The Morgan fingerprint density at radius 3 is 2.43 bits per heavy atom. The van der Waals surface area contributed by atoms with Crippen LogP contribution in [0.15, 0.2) is 12.3 Å². The molecule has 2 aromatic rings. The number of nitrogens with zero attached hydrogens (tertiary/aromatic N) is 4. The van der Waals surface area contributed by atoms with Crippen LogP contribution in [-0.2, 0) is 5.54 Å². The van der Waals surface area contributed by atoms with Gasteiger partial charge in [-0.1, -0.05) is 11.6 Å². The van der Waals surface area contributed by atoms with Crippen molar-refractivity contribution in [2.45, 2.75) is 53.1 Å². The predicted octanol–water partition coefficient (Wildman–Crippen LogP) is 3.87. The van der Waals surface area contributed by atoms with E-state index >= 15 is 0 Å². The topological polar surface area (TPSA) is 55.6 Å². The van der Waals surface area contributed by atoms with Gasteiger partial charge in [0.05, 0.1) is 17.3 Å². The summed E-state index contributed by atoms with van der Waals surface area (Å²) in [7, 11) is 0. The zero-order valence-electron chi connectivity index (χ0n) is 13.4. The highest BCUT2D eigenvalue weighted by molar-refractivity contribution is 6.29. The molecule has 114 valence electrons. The normalized spacial score (nSPS) is 13.3. The molecule has 2 rings (SSSR count). The van der Waals surface area contributed by atoms with Crippen LogP contribution in [0.5, 0.6) is 0 Å². The second-order valence-electron chi connectivity index (χ2n) is 6.27. The Morgan fingerprint density at radius 1 is 1.24 bits per heavy atom. The summed E-state index contributed by atoms with van der Waals surface area (Å²) in [5, 5.41) is 8.40. The number of aromatic nitrogens is 4. The minimum Gasteiger partial charge on any atom is -0.363 e. The van der Waals surface area contributed by atoms with Crippen molar-refractivity contribution >= 4 is 17.4 Å². The number of nitrogens with one attached hydrogen (secondary N) is 1. The minimum absolute atomic E-state index is 0.0302. The summed E-state index contributed by atoms with van der Waals surface area (Å²) in [5.41, 5.74) is 2.14. The molecule has 0 saturated carbocycles. The molecular formula is C15H22ClN5. The third kappa shape index (κ3) is 3.73. The van der Waals surface area contributed by atoms with E-state index in [4.69, 9.17) is 11.6 Å². The number of hydrogen-bond acceptors (Lipinski definition) is 4. The van der Waals surface area contributed by atoms with Gasteiger partial charge < -0.3 is 5.32 Å². The first-order chi connectivity index (χ1) is 9.66. The van der Waals surface area contributed by atoms with E-state index in [1.54, 1.807) is 6.07 Å². The highest BCUT2D eigenvalue weighted by atomic mass is 35.5. The van der Waals surface area contributed by atoms with Crippen LogP contribution in [0.4, 0.5) is 5.82 Å². The van der Waals surface area contributed by atoms with Crippen molar-refractivity contribution in [3.05, 3.63) is 34.5 Å². The molecule has 6 heteroatoms. The fraction of sp³-hybridized carbons (Fsp3) is 0.533. The van der Waals surface area contributed by atoms with E-state index in [2.05, 4.69) is 54.3 Å². The Hall–Kier alpha value is -1.62. The molecule has 1 unspecified atom stereocenters. The second kappa shape index (κ2) is 5.64. The van der Waals surface area contributed by atoms with E-state index in [1.165, 1.54) is 0 Å². The Kier molecular flexibility index (Phi) is 4.23. The lowest BCUT2D eigenvalue weighted by atomic mass is 10.1. The molecule has 21 heavy (non-hydrogen) atoms. The summed E-state index contributed by atoms with van der Waals surface area (Å²) >= 11 is 5.97. The standard InChI is InChI=1S/C15H22ClN5/c1-9(17-14-7-13(16)18-11(3)19-14)12-8-21(15(4,5)6)20-10(12)2/h7-9H,1-6H3,(H,17,18,19). The molecule has 2 aromatic heterocycles. The van der Waals surface area contributed by atoms with E-state index in [0.29, 0.717) is 11.0 Å². The van der Waals surface area contributed by atoms with E-state index in [1.807, 2.05) is 18.5 Å². The average molecular weight is 308 g/mol. The van der Waals surface area contributed by atoms with E-state index in [0.717, 1.165) is 17.1 Å². The average Bonchev–Trinajstić information content (AvgIpc) is 2.69. The molecule has 1 N–H and O–H groups in total. The lowest BCUT2D eigenvalue weighted by Gasteiger charge is -2.19. The molecule has 0 radical (unpaired) electrons. The predicted molar refractivity (Wildman–Crippen MR) is 85.8 cm³/mol. The van der Waals surface area contributed by atoms with E-state index < -0.39 is 0 Å². The molecule has 0 fully saturated rings. The van der Waals surface area contributed by atoms with E-state index in [-0.39, 0.29) is 11.6 Å². The zero-order chi connectivity index (χ0) is 15.8. The van der Waals surface area contributed by atoms with Crippen molar-refractivity contribution in [3.8, 4) is 0 Å². The van der Waals surface area contributed by atoms with Gasteiger partial charge in [0.1, 0.15) is 16.8 Å². The van der Waals surface area contributed by atoms with Crippen LogP contribution >= 0.6 is 11.6 Å². The quantitative estimate of drug-likeness (QED) is 0.875. The highest BCUT2D eigenvalue weighted by Gasteiger charge is 2.19. The molecule has 0 aliphatic carbocycles. The van der Waals surface area contributed by atoms with Gasteiger partial charge in [-0.15, -0.1) is 0 Å². The molecule has 5 nitrogen and oxygen atoms in total. The number of anilines is 1. The third-order valence-corrected chi connectivity index (χ3v) is 3.46. The molecule has 0 saturated heterocycles. The first-order valence-corrected chi connectivity index (χ1v) is 7.39. The summed E-state index contributed by atoms with van der Waals surface area (Å²) in [6, 6.07) is 1.82. The smallest absolute Gasteiger partial charge is 0.134 e. The molecule has 0 aromatic carbocycles. The van der Waals surface area contributed by atoms with Gasteiger partial charge in [0.2, 0.25) is 0 Å². The van der Waals surface area contributed by atoms with Crippen molar-refractivity contribution in [3.63, 3.8) is 0 Å². The van der Waals surface area contributed by atoms with Gasteiger partial charge in [-0.2, -0.15) is 5.10 Å². The van der Waals surface area contributed by atoms with Crippen LogP contribution in [0, 0.1) is 13.8 Å². The van der Waals surface area contributed by atoms with Gasteiger partial charge in [0.15, 0.2) is 0 Å². The van der Waals surface area contributed by atoms with Gasteiger partial charge >= 0.3 is 0 Å². The minimum atomic E-state index is -0.0302. The maximum absolute atomic E-state index is 5.97. The van der Waals surface area contributed by atoms with Crippen molar-refractivity contribution in [2.75, 3.05) is 5.32 Å². The SMILES string of the molecule is Cc1nc(Cl)cc(NC(C)c2cn(C(C)(C)C)nc2C)n1. The molecular weight excluding hydrogens is 286 g/mol. The summed E-state index contributed by atoms with van der Waals surface area (Å²) in [4.78, 5) is 8.42. The first kappa shape index (κ1) is 15.8. The van der Waals surface area contributed by atoms with Gasteiger partial charge in [-0.25, -0.2) is 9.97 Å². The third-order valence-electron chi connectivity index (χ3n) is 3.26. The van der Waals surface area contributed by atoms with Crippen molar-refractivity contribution in [1.82, 2.24) is 19.7 Å². The summed E-state index contributed by atoms with van der Waals surface area (Å²) in [6.45, 7) is 12.3. The lowest BCUT2D eigenvalue weighted by Crippen LogP contribution is -2.22. The monoisotopic (exact) mass is 307 g/mol. The number of hydrogen-bond donors (Lipinski definition) is 1. The molecule has 0 bridgehead atoms. The van der Waals surface area contributed by atoms with Crippen LogP contribution in [0.1, 0.15) is 50.8 Å². The second-order valence-corrected chi connectivity index (χ2v) is 6.66. The molecule has 0 amide bonds. The molecule has 0 aliphatic heterocycles. The molecule has 1 atom stereocenters. The fourth-order valence-corrected chi connectivity index (χ4v) is 2.37. The Labute approximate surface area is 130 Å². The Bertz CT molecular complexity index is 622. The molecule has 0 spiro atoms.